The average molecular weight is 518 g/mol. The molecule has 36 heavy (non-hydrogen) atoms. The minimum atomic E-state index is 0.0231. The summed E-state index contributed by atoms with van der Waals surface area (Å²) >= 11 is 7.05. The normalized spacial score (nSPS) is 17.8. The van der Waals surface area contributed by atoms with Crippen LogP contribution in [-0.2, 0) is 4.79 Å². The first-order valence-corrected chi connectivity index (χ1v) is 14.0. The molecule has 2 aromatic carbocycles. The highest BCUT2D eigenvalue weighted by atomic mass is 32.2. The monoisotopic (exact) mass is 517 g/mol. The fourth-order valence-electron chi connectivity index (χ4n) is 4.75. The highest BCUT2D eigenvalue weighted by Crippen LogP contribution is 2.38. The van der Waals surface area contributed by atoms with Crippen molar-refractivity contribution in [1.29, 1.82) is 0 Å². The Balaban J connectivity index is 1.47. The first-order valence-electron chi connectivity index (χ1n) is 12.8. The van der Waals surface area contributed by atoms with E-state index in [-0.39, 0.29) is 11.9 Å². The van der Waals surface area contributed by atoms with E-state index in [0.29, 0.717) is 15.8 Å². The Morgan fingerprint density at radius 1 is 1.08 bits per heavy atom. The molecule has 2 aliphatic rings. The van der Waals surface area contributed by atoms with Gasteiger partial charge in [0, 0.05) is 23.4 Å². The molecular formula is C29H31N3O2S2. The van der Waals surface area contributed by atoms with Crippen LogP contribution in [0.5, 0.6) is 5.75 Å². The number of hydrogen-bond donors (Lipinski definition) is 0. The maximum Gasteiger partial charge on any atom is 0.266 e. The summed E-state index contributed by atoms with van der Waals surface area (Å²) in [5, 5.41) is 4.92. The van der Waals surface area contributed by atoms with E-state index in [1.165, 1.54) is 18.2 Å². The van der Waals surface area contributed by atoms with Crippen molar-refractivity contribution in [2.24, 2.45) is 0 Å². The van der Waals surface area contributed by atoms with Crippen LogP contribution in [0.3, 0.4) is 0 Å². The fourth-order valence-corrected chi connectivity index (χ4v) is 6.14. The number of carbonyl (C=O) groups excluding carboxylic acids is 1. The molecule has 1 aliphatic heterocycles. The summed E-state index contributed by atoms with van der Waals surface area (Å²) in [5.41, 5.74) is 3.65. The summed E-state index contributed by atoms with van der Waals surface area (Å²) in [6, 6.07) is 18.3. The van der Waals surface area contributed by atoms with Crippen LogP contribution in [0.1, 0.15) is 57.4 Å². The van der Waals surface area contributed by atoms with Crippen molar-refractivity contribution in [3.8, 4) is 22.7 Å². The van der Waals surface area contributed by atoms with Gasteiger partial charge in [0.05, 0.1) is 22.9 Å². The second-order valence-electron chi connectivity index (χ2n) is 9.28. The molecule has 186 valence electrons. The van der Waals surface area contributed by atoms with Crippen molar-refractivity contribution < 1.29 is 9.53 Å². The molecule has 2 fully saturated rings. The molecule has 0 spiro atoms. The van der Waals surface area contributed by atoms with Crippen LogP contribution >= 0.6 is 24.0 Å². The lowest BCUT2D eigenvalue weighted by Crippen LogP contribution is -2.39. The van der Waals surface area contributed by atoms with Crippen molar-refractivity contribution >= 4 is 40.3 Å². The van der Waals surface area contributed by atoms with Gasteiger partial charge in [-0.1, -0.05) is 74.8 Å². The minimum absolute atomic E-state index is 0.0231. The predicted molar refractivity (Wildman–Crippen MR) is 151 cm³/mol. The Labute approximate surface area is 222 Å². The molecule has 5 rings (SSSR count). The van der Waals surface area contributed by atoms with Gasteiger partial charge in [0.25, 0.3) is 5.91 Å². The Morgan fingerprint density at radius 2 is 1.83 bits per heavy atom. The van der Waals surface area contributed by atoms with Crippen molar-refractivity contribution in [3.63, 3.8) is 0 Å². The van der Waals surface area contributed by atoms with Crippen LogP contribution in [-0.4, -0.2) is 37.6 Å². The second-order valence-corrected chi connectivity index (χ2v) is 11.0. The Bertz CT molecular complexity index is 1250. The van der Waals surface area contributed by atoms with Gasteiger partial charge >= 0.3 is 0 Å². The first-order chi connectivity index (χ1) is 17.6. The quantitative estimate of drug-likeness (QED) is 0.179. The van der Waals surface area contributed by atoms with E-state index in [2.05, 4.69) is 6.92 Å². The number of carbonyl (C=O) groups is 1. The highest BCUT2D eigenvalue weighted by Gasteiger charge is 2.37. The lowest BCUT2D eigenvalue weighted by atomic mass is 9.94. The number of rotatable bonds is 8. The predicted octanol–water partition coefficient (Wildman–Crippen LogP) is 7.25. The van der Waals surface area contributed by atoms with Crippen molar-refractivity contribution in [1.82, 2.24) is 14.7 Å². The summed E-state index contributed by atoms with van der Waals surface area (Å²) in [6.07, 6.45) is 11.7. The van der Waals surface area contributed by atoms with Crippen LogP contribution in [0, 0.1) is 0 Å². The topological polar surface area (TPSA) is 47.4 Å². The van der Waals surface area contributed by atoms with Crippen LogP contribution in [0.4, 0.5) is 0 Å². The van der Waals surface area contributed by atoms with Crippen LogP contribution in [0.2, 0.25) is 0 Å². The van der Waals surface area contributed by atoms with E-state index < -0.39 is 0 Å². The van der Waals surface area contributed by atoms with Gasteiger partial charge in [-0.15, -0.1) is 0 Å². The maximum absolute atomic E-state index is 13.4. The zero-order chi connectivity index (χ0) is 24.9. The molecule has 1 amide bonds. The number of ether oxygens (including phenoxy) is 1. The van der Waals surface area contributed by atoms with Gasteiger partial charge in [-0.3, -0.25) is 9.69 Å². The standard InChI is InChI=1S/C29H31N3O2S2/c1-2-3-18-34-25-16-14-21(15-17-25)27-22(20-31(30-27)23-10-6-4-7-11-23)19-26-28(33)32(29(35)36-26)24-12-8-5-9-13-24/h4,6-7,10-11,14-17,19-20,24H,2-3,5,8-9,12-13,18H2,1H3. The van der Waals surface area contributed by atoms with Gasteiger partial charge in [0.15, 0.2) is 0 Å². The van der Waals surface area contributed by atoms with Crippen molar-refractivity contribution in [3.05, 3.63) is 71.3 Å². The third-order valence-corrected chi connectivity index (χ3v) is 8.04. The van der Waals surface area contributed by atoms with Gasteiger partial charge < -0.3 is 4.74 Å². The highest BCUT2D eigenvalue weighted by molar-refractivity contribution is 8.26. The summed E-state index contributed by atoms with van der Waals surface area (Å²) in [4.78, 5) is 15.9. The smallest absolute Gasteiger partial charge is 0.266 e. The summed E-state index contributed by atoms with van der Waals surface area (Å²) in [6.45, 7) is 2.87. The van der Waals surface area contributed by atoms with Gasteiger partial charge in [-0.2, -0.15) is 5.10 Å². The molecule has 1 aromatic heterocycles. The number of amides is 1. The van der Waals surface area contributed by atoms with Crippen molar-refractivity contribution in [2.75, 3.05) is 6.61 Å². The third kappa shape index (κ3) is 5.42. The van der Waals surface area contributed by atoms with Crippen LogP contribution in [0.15, 0.2) is 65.7 Å². The SMILES string of the molecule is CCCCOc1ccc(-c2nn(-c3ccccc3)cc2C=C2SC(=S)N(C3CCCCC3)C2=O)cc1. The molecule has 3 aromatic rings. The minimum Gasteiger partial charge on any atom is -0.494 e. The molecule has 7 heteroatoms. The average Bonchev–Trinajstić information content (AvgIpc) is 3.46. The van der Waals surface area contributed by atoms with Gasteiger partial charge in [0.2, 0.25) is 0 Å². The number of benzene rings is 2. The molecule has 0 radical (unpaired) electrons. The van der Waals surface area contributed by atoms with Gasteiger partial charge in [0.1, 0.15) is 10.1 Å². The lowest BCUT2D eigenvalue weighted by Gasteiger charge is -2.29. The summed E-state index contributed by atoms with van der Waals surface area (Å²) in [5.74, 6) is 0.875. The number of hydrogen-bond acceptors (Lipinski definition) is 5. The maximum atomic E-state index is 13.4. The molecule has 0 bridgehead atoms. The van der Waals surface area contributed by atoms with Crippen LogP contribution in [0.25, 0.3) is 23.0 Å². The number of thioether (sulfide) groups is 1. The molecule has 1 aliphatic carbocycles. The number of aromatic nitrogens is 2. The number of para-hydroxylation sites is 1. The molecule has 0 N–H and O–H groups in total. The third-order valence-electron chi connectivity index (χ3n) is 6.71. The Kier molecular flexibility index (Phi) is 7.87. The van der Waals surface area contributed by atoms with E-state index in [1.807, 2.05) is 76.5 Å². The first kappa shape index (κ1) is 24.8. The molecule has 1 saturated carbocycles. The van der Waals surface area contributed by atoms with Crippen molar-refractivity contribution in [2.45, 2.75) is 57.9 Å². The number of nitrogens with zero attached hydrogens (tertiary/aromatic N) is 3. The molecule has 5 nitrogen and oxygen atoms in total. The fraction of sp³-hybridized carbons (Fsp3) is 0.345. The summed E-state index contributed by atoms with van der Waals surface area (Å²) in [7, 11) is 0. The van der Waals surface area contributed by atoms with Crippen LogP contribution < -0.4 is 4.74 Å². The molecule has 2 heterocycles. The van der Waals surface area contributed by atoms with E-state index >= 15 is 0 Å². The zero-order valence-corrected chi connectivity index (χ0v) is 22.2. The van der Waals surface area contributed by atoms with E-state index in [1.54, 1.807) is 0 Å². The molecule has 0 atom stereocenters. The Hall–Kier alpha value is -2.90. The second kappa shape index (κ2) is 11.4. The van der Waals surface area contributed by atoms with E-state index in [4.69, 9.17) is 22.1 Å². The number of unbranched alkanes of at least 4 members (excludes halogenated alkanes) is 1. The van der Waals surface area contributed by atoms with E-state index in [0.717, 1.165) is 66.8 Å². The van der Waals surface area contributed by atoms with E-state index in [9.17, 15) is 4.79 Å². The van der Waals surface area contributed by atoms with Gasteiger partial charge in [-0.05, 0) is 61.7 Å². The molecule has 1 saturated heterocycles. The molecular weight excluding hydrogens is 486 g/mol. The number of thiocarbonyl (C=S) groups is 1. The Morgan fingerprint density at radius 3 is 2.56 bits per heavy atom. The lowest BCUT2D eigenvalue weighted by molar-refractivity contribution is -0.124. The zero-order valence-electron chi connectivity index (χ0n) is 20.6. The molecule has 0 unspecified atom stereocenters. The van der Waals surface area contributed by atoms with Gasteiger partial charge in [-0.25, -0.2) is 4.68 Å². The largest absolute Gasteiger partial charge is 0.494 e. The summed E-state index contributed by atoms with van der Waals surface area (Å²) < 4.78 is 8.38.